The van der Waals surface area contributed by atoms with Crippen molar-refractivity contribution in [2.75, 3.05) is 6.61 Å². The molecular formula is C39H33NO6. The van der Waals surface area contributed by atoms with Crippen LogP contribution in [0, 0.1) is 0 Å². The van der Waals surface area contributed by atoms with E-state index in [9.17, 15) is 24.6 Å². The van der Waals surface area contributed by atoms with E-state index in [1.807, 2.05) is 140 Å². The second-order valence-corrected chi connectivity index (χ2v) is 11.3. The molecule has 1 aliphatic rings. The molecule has 230 valence electrons. The molecule has 2 N–H and O–H groups in total. The number of ether oxygens (including phenoxy) is 1. The summed E-state index contributed by atoms with van der Waals surface area (Å²) in [5.41, 5.74) is 4.55. The third-order valence-electron chi connectivity index (χ3n) is 8.70. The van der Waals surface area contributed by atoms with E-state index in [0.29, 0.717) is 16.7 Å². The van der Waals surface area contributed by atoms with Gasteiger partial charge in [0.2, 0.25) is 0 Å². The molecule has 0 unspecified atom stereocenters. The van der Waals surface area contributed by atoms with E-state index in [-0.39, 0.29) is 18.9 Å². The molecular weight excluding hydrogens is 578 g/mol. The van der Waals surface area contributed by atoms with Crippen molar-refractivity contribution in [3.63, 3.8) is 0 Å². The standard InChI is InChI=1S/C39H33NO6/c41-36(42)25-24-35(37(43)44)40(38(45)46-26-34-32-22-12-10-20-30(32)31-21-11-13-23-33(31)34)39(27-14-4-1-5-15-27,28-16-6-2-7-17-28)29-18-8-3-9-19-29/h1-23,34-35H,24-26H2,(H,41,42)(H,43,44)/t35-/m0/s1. The number of carboxylic acid groups (broad SMARTS) is 2. The first kappa shape index (κ1) is 30.3. The van der Waals surface area contributed by atoms with E-state index in [0.717, 1.165) is 22.3 Å². The Kier molecular flexibility index (Phi) is 8.65. The van der Waals surface area contributed by atoms with Crippen LogP contribution in [-0.2, 0) is 19.9 Å². The Balaban J connectivity index is 1.53. The summed E-state index contributed by atoms with van der Waals surface area (Å²) in [6.45, 7) is -0.0386. The summed E-state index contributed by atoms with van der Waals surface area (Å²) in [5, 5.41) is 20.3. The second-order valence-electron chi connectivity index (χ2n) is 11.3. The Labute approximate surface area is 267 Å². The van der Waals surface area contributed by atoms with Gasteiger partial charge in [0.05, 0.1) is 0 Å². The van der Waals surface area contributed by atoms with Gasteiger partial charge in [0.1, 0.15) is 18.2 Å². The van der Waals surface area contributed by atoms with Crippen LogP contribution in [0.2, 0.25) is 0 Å². The zero-order chi connectivity index (χ0) is 32.1. The summed E-state index contributed by atoms with van der Waals surface area (Å²) >= 11 is 0. The highest BCUT2D eigenvalue weighted by molar-refractivity contribution is 5.84. The van der Waals surface area contributed by atoms with Crippen LogP contribution in [0.4, 0.5) is 4.79 Å². The van der Waals surface area contributed by atoms with Gasteiger partial charge in [-0.15, -0.1) is 0 Å². The van der Waals surface area contributed by atoms with E-state index in [4.69, 9.17) is 4.74 Å². The van der Waals surface area contributed by atoms with E-state index in [2.05, 4.69) is 0 Å². The van der Waals surface area contributed by atoms with E-state index >= 15 is 0 Å². The third-order valence-corrected chi connectivity index (χ3v) is 8.70. The number of aliphatic carboxylic acids is 2. The first-order valence-electron chi connectivity index (χ1n) is 15.2. The second kappa shape index (κ2) is 13.1. The predicted molar refractivity (Wildman–Crippen MR) is 174 cm³/mol. The van der Waals surface area contributed by atoms with E-state index in [1.165, 1.54) is 4.90 Å². The summed E-state index contributed by atoms with van der Waals surface area (Å²) in [6, 6.07) is 42.0. The van der Waals surface area contributed by atoms with Crippen LogP contribution >= 0.6 is 0 Å². The minimum Gasteiger partial charge on any atom is -0.481 e. The number of hydrogen-bond acceptors (Lipinski definition) is 4. The Morgan fingerprint density at radius 1 is 0.630 bits per heavy atom. The van der Waals surface area contributed by atoms with Crippen LogP contribution in [0.15, 0.2) is 140 Å². The van der Waals surface area contributed by atoms with Gasteiger partial charge in [-0.05, 0) is 45.4 Å². The lowest BCUT2D eigenvalue weighted by molar-refractivity contribution is -0.145. The van der Waals surface area contributed by atoms with Crippen LogP contribution in [0.1, 0.15) is 46.6 Å². The number of carboxylic acids is 2. The van der Waals surface area contributed by atoms with Gasteiger partial charge in [0.25, 0.3) is 0 Å². The van der Waals surface area contributed by atoms with E-state index < -0.39 is 36.0 Å². The average molecular weight is 612 g/mol. The van der Waals surface area contributed by atoms with Crippen molar-refractivity contribution < 1.29 is 29.3 Å². The molecule has 1 amide bonds. The van der Waals surface area contributed by atoms with Gasteiger partial charge >= 0.3 is 18.0 Å². The largest absolute Gasteiger partial charge is 0.481 e. The van der Waals surface area contributed by atoms with Crippen LogP contribution in [-0.4, -0.2) is 45.8 Å². The summed E-state index contributed by atoms with van der Waals surface area (Å²) in [4.78, 5) is 40.9. The maximum Gasteiger partial charge on any atom is 0.411 e. The fourth-order valence-electron chi connectivity index (χ4n) is 6.74. The van der Waals surface area contributed by atoms with Crippen molar-refractivity contribution in [2.24, 2.45) is 0 Å². The molecule has 5 aromatic rings. The Morgan fingerprint density at radius 2 is 1.04 bits per heavy atom. The maximum absolute atomic E-state index is 14.8. The van der Waals surface area contributed by atoms with Gasteiger partial charge in [-0.25, -0.2) is 9.59 Å². The first-order chi connectivity index (χ1) is 22.4. The molecule has 7 nitrogen and oxygen atoms in total. The maximum atomic E-state index is 14.8. The lowest BCUT2D eigenvalue weighted by atomic mass is 9.74. The third kappa shape index (κ3) is 5.52. The Morgan fingerprint density at radius 3 is 1.46 bits per heavy atom. The lowest BCUT2D eigenvalue weighted by Crippen LogP contribution is -2.58. The van der Waals surface area contributed by atoms with Crippen molar-refractivity contribution >= 4 is 18.0 Å². The lowest BCUT2D eigenvalue weighted by Gasteiger charge is -2.47. The number of carbonyl (C=O) groups is 3. The minimum atomic E-state index is -1.55. The number of hydrogen-bond donors (Lipinski definition) is 2. The highest BCUT2D eigenvalue weighted by Gasteiger charge is 2.51. The summed E-state index contributed by atoms with van der Waals surface area (Å²) in [6.07, 6.45) is -1.65. The van der Waals surface area contributed by atoms with Crippen LogP contribution < -0.4 is 0 Å². The molecule has 1 aliphatic carbocycles. The Hall–Kier alpha value is -5.69. The quantitative estimate of drug-likeness (QED) is 0.150. The molecule has 0 saturated carbocycles. The molecule has 1 atom stereocenters. The number of nitrogens with zero attached hydrogens (tertiary/aromatic N) is 1. The number of benzene rings is 5. The number of fused-ring (bicyclic) bond motifs is 3. The predicted octanol–water partition coefficient (Wildman–Crippen LogP) is 7.55. The fraction of sp³-hybridized carbons (Fsp3) is 0.154. The number of rotatable bonds is 11. The van der Waals surface area contributed by atoms with Gasteiger partial charge in [-0.2, -0.15) is 0 Å². The molecule has 0 fully saturated rings. The molecule has 0 aromatic heterocycles. The summed E-state index contributed by atoms with van der Waals surface area (Å²) < 4.78 is 6.19. The molecule has 0 saturated heterocycles. The van der Waals surface area contributed by atoms with Crippen LogP contribution in [0.25, 0.3) is 11.1 Å². The zero-order valence-electron chi connectivity index (χ0n) is 25.0. The van der Waals surface area contributed by atoms with Gasteiger partial charge in [0, 0.05) is 12.3 Å². The molecule has 0 aliphatic heterocycles. The van der Waals surface area contributed by atoms with Crippen molar-refractivity contribution in [1.29, 1.82) is 0 Å². The van der Waals surface area contributed by atoms with Crippen molar-refractivity contribution in [1.82, 2.24) is 4.90 Å². The summed E-state index contributed by atoms with van der Waals surface area (Å²) in [5.74, 6) is -2.76. The smallest absolute Gasteiger partial charge is 0.411 e. The molecule has 0 bridgehead atoms. The van der Waals surface area contributed by atoms with Crippen molar-refractivity contribution in [3.05, 3.63) is 167 Å². The molecule has 0 heterocycles. The molecule has 6 rings (SSSR count). The molecule has 0 radical (unpaired) electrons. The van der Waals surface area contributed by atoms with Crippen molar-refractivity contribution in [3.8, 4) is 11.1 Å². The Bertz CT molecular complexity index is 1700. The van der Waals surface area contributed by atoms with Crippen LogP contribution in [0.5, 0.6) is 0 Å². The summed E-state index contributed by atoms with van der Waals surface area (Å²) in [7, 11) is 0. The van der Waals surface area contributed by atoms with Gasteiger partial charge in [-0.1, -0.05) is 140 Å². The van der Waals surface area contributed by atoms with Crippen molar-refractivity contribution in [2.45, 2.75) is 30.3 Å². The minimum absolute atomic E-state index is 0.0386. The highest BCUT2D eigenvalue weighted by atomic mass is 16.6. The molecule has 7 heteroatoms. The molecule has 46 heavy (non-hydrogen) atoms. The van der Waals surface area contributed by atoms with Gasteiger partial charge in [0.15, 0.2) is 0 Å². The van der Waals surface area contributed by atoms with Crippen LogP contribution in [0.3, 0.4) is 0 Å². The SMILES string of the molecule is O=C(O)CC[C@@H](C(=O)O)N(C(=O)OCC1c2ccccc2-c2ccccc21)C(c1ccccc1)(c1ccccc1)c1ccccc1. The zero-order valence-corrected chi connectivity index (χ0v) is 25.0. The normalized spacial score (nSPS) is 12.9. The first-order valence-corrected chi connectivity index (χ1v) is 15.2. The van der Waals surface area contributed by atoms with Gasteiger partial charge in [-0.3, -0.25) is 9.69 Å². The number of carbonyl (C=O) groups excluding carboxylic acids is 1. The molecule has 5 aromatic carbocycles. The molecule has 0 spiro atoms. The highest BCUT2D eigenvalue weighted by Crippen LogP contribution is 2.47. The average Bonchev–Trinajstić information content (AvgIpc) is 3.41. The number of amides is 1. The topological polar surface area (TPSA) is 104 Å². The van der Waals surface area contributed by atoms with Gasteiger partial charge < -0.3 is 14.9 Å². The monoisotopic (exact) mass is 611 g/mol. The fourth-order valence-corrected chi connectivity index (χ4v) is 6.74. The van der Waals surface area contributed by atoms with E-state index in [1.54, 1.807) is 0 Å².